The molecule has 2 saturated heterocycles. The van der Waals surface area contributed by atoms with Crippen LogP contribution in [0.4, 0.5) is 16.2 Å². The van der Waals surface area contributed by atoms with E-state index in [9.17, 15) is 19.7 Å². The lowest BCUT2D eigenvalue weighted by atomic mass is 10.1. The van der Waals surface area contributed by atoms with E-state index in [0.717, 1.165) is 5.69 Å². The van der Waals surface area contributed by atoms with Gasteiger partial charge >= 0.3 is 6.03 Å². The van der Waals surface area contributed by atoms with Crippen LogP contribution >= 0.6 is 0 Å². The third-order valence-corrected chi connectivity index (χ3v) is 3.60. The van der Waals surface area contributed by atoms with E-state index in [1.54, 1.807) is 12.1 Å². The van der Waals surface area contributed by atoms with Gasteiger partial charge in [0, 0.05) is 24.8 Å². The number of benzene rings is 1. The standard InChI is InChI=1S/C14H14N4O5/c19-13-11(15-14(20)16-13)8-9-7-10(1-2-12(9)18(21)22)17-3-5-23-6-4-17/h1-2,7-8H,3-6H2,(H2,15,16,19,20). The highest BCUT2D eigenvalue weighted by molar-refractivity contribution is 6.14. The number of urea groups is 1. The molecule has 0 spiro atoms. The van der Waals surface area contributed by atoms with E-state index >= 15 is 0 Å². The third kappa shape index (κ3) is 3.14. The molecule has 0 bridgehead atoms. The summed E-state index contributed by atoms with van der Waals surface area (Å²) in [6.45, 7) is 2.55. The van der Waals surface area contributed by atoms with Crippen LogP contribution in [0.25, 0.3) is 6.08 Å². The number of amides is 3. The first-order chi connectivity index (χ1) is 11.0. The van der Waals surface area contributed by atoms with Crippen LogP contribution in [-0.2, 0) is 9.53 Å². The number of morpholine rings is 1. The van der Waals surface area contributed by atoms with Gasteiger partial charge in [-0.3, -0.25) is 20.2 Å². The van der Waals surface area contributed by atoms with Crippen molar-refractivity contribution in [2.24, 2.45) is 0 Å². The second-order valence-corrected chi connectivity index (χ2v) is 5.07. The van der Waals surface area contributed by atoms with Crippen molar-refractivity contribution in [2.75, 3.05) is 31.2 Å². The number of nitrogens with zero attached hydrogens (tertiary/aromatic N) is 2. The van der Waals surface area contributed by atoms with Crippen molar-refractivity contribution in [3.63, 3.8) is 0 Å². The summed E-state index contributed by atoms with van der Waals surface area (Å²) in [5.41, 5.74) is 0.905. The minimum absolute atomic E-state index is 0.0165. The minimum atomic E-state index is -0.645. The number of carbonyl (C=O) groups is 2. The van der Waals surface area contributed by atoms with Crippen LogP contribution in [0, 0.1) is 10.1 Å². The highest BCUT2D eigenvalue weighted by Gasteiger charge is 2.25. The number of anilines is 1. The van der Waals surface area contributed by atoms with E-state index in [4.69, 9.17) is 4.74 Å². The maximum Gasteiger partial charge on any atom is 0.326 e. The van der Waals surface area contributed by atoms with Crippen LogP contribution in [0.15, 0.2) is 23.9 Å². The van der Waals surface area contributed by atoms with Gasteiger partial charge in [0.15, 0.2) is 0 Å². The number of nitrogens with one attached hydrogen (secondary N) is 2. The molecule has 9 heteroatoms. The van der Waals surface area contributed by atoms with Gasteiger partial charge in [-0.25, -0.2) is 4.79 Å². The quantitative estimate of drug-likeness (QED) is 0.365. The zero-order valence-electron chi connectivity index (χ0n) is 12.1. The molecular formula is C14H14N4O5. The van der Waals surface area contributed by atoms with Gasteiger partial charge in [-0.05, 0) is 18.2 Å². The van der Waals surface area contributed by atoms with Crippen LogP contribution in [0.1, 0.15) is 5.56 Å². The molecule has 3 amide bonds. The molecule has 23 heavy (non-hydrogen) atoms. The number of hydrogen-bond acceptors (Lipinski definition) is 6. The molecule has 1 aromatic carbocycles. The van der Waals surface area contributed by atoms with Crippen molar-refractivity contribution in [3.8, 4) is 0 Å². The predicted octanol–water partition coefficient (Wildman–Crippen LogP) is 0.612. The van der Waals surface area contributed by atoms with E-state index in [0.29, 0.717) is 26.3 Å². The van der Waals surface area contributed by atoms with Crippen LogP contribution in [0.2, 0.25) is 0 Å². The largest absolute Gasteiger partial charge is 0.378 e. The Hall–Kier alpha value is -2.94. The summed E-state index contributed by atoms with van der Waals surface area (Å²) in [5.74, 6) is -0.610. The number of carbonyl (C=O) groups excluding carboxylic acids is 2. The van der Waals surface area contributed by atoms with Gasteiger partial charge in [-0.15, -0.1) is 0 Å². The van der Waals surface area contributed by atoms with Crippen molar-refractivity contribution < 1.29 is 19.2 Å². The van der Waals surface area contributed by atoms with Gasteiger partial charge in [-0.1, -0.05) is 0 Å². The van der Waals surface area contributed by atoms with Gasteiger partial charge in [0.25, 0.3) is 11.6 Å². The Morgan fingerprint density at radius 3 is 2.57 bits per heavy atom. The smallest absolute Gasteiger partial charge is 0.326 e. The van der Waals surface area contributed by atoms with Crippen LogP contribution in [0.3, 0.4) is 0 Å². The van der Waals surface area contributed by atoms with Gasteiger partial charge in [0.2, 0.25) is 0 Å². The molecule has 2 fully saturated rings. The minimum Gasteiger partial charge on any atom is -0.378 e. The first-order valence-corrected chi connectivity index (χ1v) is 7.00. The molecule has 2 aliphatic heterocycles. The fourth-order valence-corrected chi connectivity index (χ4v) is 2.48. The molecule has 0 aliphatic carbocycles. The zero-order valence-corrected chi connectivity index (χ0v) is 12.1. The van der Waals surface area contributed by atoms with E-state index in [-0.39, 0.29) is 16.9 Å². The lowest BCUT2D eigenvalue weighted by molar-refractivity contribution is -0.385. The Balaban J connectivity index is 1.98. The maximum atomic E-state index is 11.6. The highest BCUT2D eigenvalue weighted by Crippen LogP contribution is 2.27. The summed E-state index contributed by atoms with van der Waals surface area (Å²) < 4.78 is 5.28. The van der Waals surface area contributed by atoms with Crippen molar-refractivity contribution in [3.05, 3.63) is 39.6 Å². The zero-order chi connectivity index (χ0) is 16.4. The summed E-state index contributed by atoms with van der Waals surface area (Å²) in [6, 6.07) is 4.05. The van der Waals surface area contributed by atoms with E-state index in [1.165, 1.54) is 12.1 Å². The lowest BCUT2D eigenvalue weighted by Crippen LogP contribution is -2.36. The summed E-state index contributed by atoms with van der Waals surface area (Å²) in [4.78, 5) is 35.4. The molecule has 0 saturated carbocycles. The molecule has 0 radical (unpaired) electrons. The summed E-state index contributed by atoms with van der Waals surface area (Å²) in [6.07, 6.45) is 1.31. The summed E-state index contributed by atoms with van der Waals surface area (Å²) in [5, 5.41) is 15.6. The fourth-order valence-electron chi connectivity index (χ4n) is 2.48. The summed E-state index contributed by atoms with van der Waals surface area (Å²) >= 11 is 0. The number of ether oxygens (including phenoxy) is 1. The van der Waals surface area contributed by atoms with Crippen molar-refractivity contribution in [1.82, 2.24) is 10.6 Å². The molecule has 3 rings (SSSR count). The first-order valence-electron chi connectivity index (χ1n) is 7.00. The van der Waals surface area contributed by atoms with E-state index < -0.39 is 16.9 Å². The number of rotatable bonds is 3. The molecular weight excluding hydrogens is 304 g/mol. The molecule has 120 valence electrons. The van der Waals surface area contributed by atoms with Gasteiger partial charge in [0.1, 0.15) is 5.70 Å². The average Bonchev–Trinajstić information content (AvgIpc) is 2.85. The Morgan fingerprint density at radius 2 is 1.96 bits per heavy atom. The topological polar surface area (TPSA) is 114 Å². The third-order valence-electron chi connectivity index (χ3n) is 3.60. The number of nitro benzene ring substituents is 1. The van der Waals surface area contributed by atoms with Crippen LogP contribution < -0.4 is 15.5 Å². The molecule has 0 unspecified atom stereocenters. The fraction of sp³-hybridized carbons (Fsp3) is 0.286. The van der Waals surface area contributed by atoms with Gasteiger partial charge in [-0.2, -0.15) is 0 Å². The molecule has 2 heterocycles. The number of nitro groups is 1. The first kappa shape index (κ1) is 15.0. The highest BCUT2D eigenvalue weighted by atomic mass is 16.6. The van der Waals surface area contributed by atoms with Crippen molar-refractivity contribution in [2.45, 2.75) is 0 Å². The van der Waals surface area contributed by atoms with E-state index in [2.05, 4.69) is 10.6 Å². The second kappa shape index (κ2) is 6.05. The SMILES string of the molecule is O=C1NC(=O)C(=Cc2cc(N3CCOCC3)ccc2[N+](=O)[O-])N1. The Kier molecular flexibility index (Phi) is 3.94. The Morgan fingerprint density at radius 1 is 1.22 bits per heavy atom. The van der Waals surface area contributed by atoms with Crippen molar-refractivity contribution in [1.29, 1.82) is 0 Å². The summed E-state index contributed by atoms with van der Waals surface area (Å²) in [7, 11) is 0. The predicted molar refractivity (Wildman–Crippen MR) is 80.8 cm³/mol. The second-order valence-electron chi connectivity index (χ2n) is 5.07. The van der Waals surface area contributed by atoms with Gasteiger partial charge < -0.3 is 15.0 Å². The molecule has 9 nitrogen and oxygen atoms in total. The molecule has 0 aromatic heterocycles. The van der Waals surface area contributed by atoms with Crippen LogP contribution in [-0.4, -0.2) is 43.2 Å². The lowest BCUT2D eigenvalue weighted by Gasteiger charge is -2.29. The Labute approximate surface area is 131 Å². The van der Waals surface area contributed by atoms with Crippen molar-refractivity contribution >= 4 is 29.4 Å². The van der Waals surface area contributed by atoms with Crippen LogP contribution in [0.5, 0.6) is 0 Å². The molecule has 1 aromatic rings. The van der Waals surface area contributed by atoms with Gasteiger partial charge in [0.05, 0.1) is 23.7 Å². The normalized spacial score (nSPS) is 19.7. The molecule has 2 N–H and O–H groups in total. The average molecular weight is 318 g/mol. The molecule has 2 aliphatic rings. The Bertz CT molecular complexity index is 709. The number of hydrogen-bond donors (Lipinski definition) is 2. The maximum absolute atomic E-state index is 11.6. The molecule has 0 atom stereocenters. The number of imide groups is 1. The monoisotopic (exact) mass is 318 g/mol. The van der Waals surface area contributed by atoms with E-state index in [1.807, 2.05) is 4.90 Å².